The molecule has 2 heterocycles. The lowest BCUT2D eigenvalue weighted by atomic mass is 10.2. The second-order valence-corrected chi connectivity index (χ2v) is 3.77. The summed E-state index contributed by atoms with van der Waals surface area (Å²) in [5.74, 6) is -0.0279. The van der Waals surface area contributed by atoms with Crippen LogP contribution in [0, 0.1) is 6.92 Å². The van der Waals surface area contributed by atoms with Gasteiger partial charge in [-0.15, -0.1) is 11.3 Å². The minimum atomic E-state index is -0.0279. The Morgan fingerprint density at radius 2 is 2.29 bits per heavy atom. The Morgan fingerprint density at radius 1 is 1.43 bits per heavy atom. The van der Waals surface area contributed by atoms with Crippen LogP contribution in [0.25, 0.3) is 0 Å². The van der Waals surface area contributed by atoms with Crippen LogP contribution in [0.1, 0.15) is 20.9 Å². The summed E-state index contributed by atoms with van der Waals surface area (Å²) < 4.78 is 0. The summed E-state index contributed by atoms with van der Waals surface area (Å²) in [4.78, 5) is 20.3. The Labute approximate surface area is 85.5 Å². The molecule has 0 spiro atoms. The topological polar surface area (TPSA) is 42.9 Å². The van der Waals surface area contributed by atoms with Gasteiger partial charge in [-0.3, -0.25) is 4.79 Å². The largest absolute Gasteiger partial charge is 0.286 e. The third-order valence-electron chi connectivity index (χ3n) is 1.88. The molecule has 0 amide bonds. The maximum atomic E-state index is 11.8. The first kappa shape index (κ1) is 9.02. The van der Waals surface area contributed by atoms with Crippen molar-refractivity contribution in [2.75, 3.05) is 0 Å². The molecule has 0 bridgehead atoms. The summed E-state index contributed by atoms with van der Waals surface area (Å²) >= 11 is 1.44. The lowest BCUT2D eigenvalue weighted by Gasteiger charge is -1.97. The van der Waals surface area contributed by atoms with E-state index in [1.807, 2.05) is 18.4 Å². The molecular weight excluding hydrogens is 196 g/mol. The van der Waals surface area contributed by atoms with Crippen molar-refractivity contribution in [3.05, 3.63) is 46.2 Å². The number of carbonyl (C=O) groups excluding carboxylic acids is 1. The SMILES string of the molecule is Cc1ccsc1C(=O)c1ccncn1. The Kier molecular flexibility index (Phi) is 2.37. The average molecular weight is 204 g/mol. The molecule has 0 aliphatic carbocycles. The number of hydrogen-bond acceptors (Lipinski definition) is 4. The zero-order chi connectivity index (χ0) is 9.97. The Morgan fingerprint density at radius 3 is 2.86 bits per heavy atom. The summed E-state index contributed by atoms with van der Waals surface area (Å²) in [5, 5.41) is 1.91. The average Bonchev–Trinajstić information content (AvgIpc) is 2.65. The first-order valence-corrected chi connectivity index (χ1v) is 5.02. The Hall–Kier alpha value is -1.55. The van der Waals surface area contributed by atoms with Crippen molar-refractivity contribution in [1.29, 1.82) is 0 Å². The van der Waals surface area contributed by atoms with Gasteiger partial charge in [0.15, 0.2) is 0 Å². The van der Waals surface area contributed by atoms with E-state index >= 15 is 0 Å². The zero-order valence-corrected chi connectivity index (χ0v) is 8.41. The molecule has 3 nitrogen and oxygen atoms in total. The first-order valence-electron chi connectivity index (χ1n) is 4.14. The van der Waals surface area contributed by atoms with Gasteiger partial charge in [0.2, 0.25) is 5.78 Å². The highest BCUT2D eigenvalue weighted by Crippen LogP contribution is 2.18. The smallest absolute Gasteiger partial charge is 0.221 e. The molecule has 14 heavy (non-hydrogen) atoms. The van der Waals surface area contributed by atoms with Crippen LogP contribution in [0.15, 0.2) is 30.0 Å². The highest BCUT2D eigenvalue weighted by Gasteiger charge is 2.13. The van der Waals surface area contributed by atoms with E-state index in [9.17, 15) is 4.79 Å². The van der Waals surface area contributed by atoms with Crippen LogP contribution in [0.5, 0.6) is 0 Å². The summed E-state index contributed by atoms with van der Waals surface area (Å²) in [5.41, 5.74) is 1.45. The second kappa shape index (κ2) is 3.67. The number of carbonyl (C=O) groups is 1. The quantitative estimate of drug-likeness (QED) is 0.703. The summed E-state index contributed by atoms with van der Waals surface area (Å²) in [6, 6.07) is 3.56. The first-order chi connectivity index (χ1) is 6.79. The van der Waals surface area contributed by atoms with E-state index < -0.39 is 0 Å². The summed E-state index contributed by atoms with van der Waals surface area (Å²) in [6.07, 6.45) is 2.96. The molecule has 2 aromatic rings. The van der Waals surface area contributed by atoms with Crippen molar-refractivity contribution in [3.8, 4) is 0 Å². The number of aromatic nitrogens is 2. The van der Waals surface area contributed by atoms with Gasteiger partial charge < -0.3 is 0 Å². The molecule has 0 aliphatic rings. The number of aryl methyl sites for hydroxylation is 1. The molecule has 2 aromatic heterocycles. The van der Waals surface area contributed by atoms with Gasteiger partial charge in [0, 0.05) is 6.20 Å². The second-order valence-electron chi connectivity index (χ2n) is 2.86. The molecule has 0 N–H and O–H groups in total. The Bertz CT molecular complexity index is 450. The fourth-order valence-corrected chi connectivity index (χ4v) is 2.02. The number of thiophene rings is 1. The lowest BCUT2D eigenvalue weighted by Crippen LogP contribution is -2.02. The van der Waals surface area contributed by atoms with E-state index in [1.165, 1.54) is 17.7 Å². The highest BCUT2D eigenvalue weighted by atomic mass is 32.1. The normalized spacial score (nSPS) is 10.1. The predicted octanol–water partition coefficient (Wildman–Crippen LogP) is 2.08. The maximum absolute atomic E-state index is 11.8. The molecule has 0 atom stereocenters. The van der Waals surface area contributed by atoms with Crippen LogP contribution in [0.4, 0.5) is 0 Å². The van der Waals surface area contributed by atoms with Crippen LogP contribution >= 0.6 is 11.3 Å². The molecule has 0 aliphatic heterocycles. The van der Waals surface area contributed by atoms with Gasteiger partial charge >= 0.3 is 0 Å². The van der Waals surface area contributed by atoms with Crippen LogP contribution in [-0.2, 0) is 0 Å². The predicted molar refractivity (Wildman–Crippen MR) is 54.5 cm³/mol. The Balaban J connectivity index is 2.39. The molecule has 2 rings (SSSR count). The van der Waals surface area contributed by atoms with E-state index in [2.05, 4.69) is 9.97 Å². The number of hydrogen-bond donors (Lipinski definition) is 0. The molecule has 0 saturated heterocycles. The van der Waals surface area contributed by atoms with E-state index in [-0.39, 0.29) is 5.78 Å². The van der Waals surface area contributed by atoms with Gasteiger partial charge in [0.25, 0.3) is 0 Å². The summed E-state index contributed by atoms with van der Waals surface area (Å²) in [6.45, 7) is 1.92. The van der Waals surface area contributed by atoms with Crippen LogP contribution in [0.3, 0.4) is 0 Å². The molecule has 0 aromatic carbocycles. The fourth-order valence-electron chi connectivity index (χ4n) is 1.15. The maximum Gasteiger partial charge on any atom is 0.221 e. The zero-order valence-electron chi connectivity index (χ0n) is 7.60. The van der Waals surface area contributed by atoms with E-state index in [0.717, 1.165) is 10.4 Å². The molecule has 0 saturated carbocycles. The van der Waals surface area contributed by atoms with Gasteiger partial charge in [0.1, 0.15) is 12.0 Å². The van der Waals surface area contributed by atoms with Gasteiger partial charge in [0.05, 0.1) is 4.88 Å². The third-order valence-corrected chi connectivity index (χ3v) is 2.90. The monoisotopic (exact) mass is 204 g/mol. The van der Waals surface area contributed by atoms with E-state index in [4.69, 9.17) is 0 Å². The molecule has 0 radical (unpaired) electrons. The molecular formula is C10H8N2OS. The van der Waals surface area contributed by atoms with Crippen molar-refractivity contribution in [3.63, 3.8) is 0 Å². The summed E-state index contributed by atoms with van der Waals surface area (Å²) in [7, 11) is 0. The third kappa shape index (κ3) is 1.56. The van der Waals surface area contributed by atoms with Crippen LogP contribution in [0.2, 0.25) is 0 Å². The molecule has 4 heteroatoms. The standard InChI is InChI=1S/C10H8N2OS/c1-7-3-5-14-10(7)9(13)8-2-4-11-6-12-8/h2-6H,1H3. The molecule has 0 fully saturated rings. The van der Waals surface area contributed by atoms with E-state index in [1.54, 1.807) is 12.3 Å². The van der Waals surface area contributed by atoms with Gasteiger partial charge in [-0.25, -0.2) is 9.97 Å². The number of rotatable bonds is 2. The van der Waals surface area contributed by atoms with Crippen molar-refractivity contribution in [1.82, 2.24) is 9.97 Å². The number of ketones is 1. The number of nitrogens with zero attached hydrogens (tertiary/aromatic N) is 2. The highest BCUT2D eigenvalue weighted by molar-refractivity contribution is 7.12. The molecule has 0 unspecified atom stereocenters. The van der Waals surface area contributed by atoms with Crippen molar-refractivity contribution in [2.24, 2.45) is 0 Å². The minimum Gasteiger partial charge on any atom is -0.286 e. The van der Waals surface area contributed by atoms with E-state index in [0.29, 0.717) is 5.69 Å². The minimum absolute atomic E-state index is 0.0279. The molecule has 70 valence electrons. The van der Waals surface area contributed by atoms with Crippen molar-refractivity contribution < 1.29 is 4.79 Å². The van der Waals surface area contributed by atoms with Gasteiger partial charge in [-0.05, 0) is 30.0 Å². The van der Waals surface area contributed by atoms with Crippen molar-refractivity contribution >= 4 is 17.1 Å². The van der Waals surface area contributed by atoms with Gasteiger partial charge in [-0.2, -0.15) is 0 Å². The van der Waals surface area contributed by atoms with Gasteiger partial charge in [-0.1, -0.05) is 0 Å². The van der Waals surface area contributed by atoms with Crippen molar-refractivity contribution in [2.45, 2.75) is 6.92 Å². The lowest BCUT2D eigenvalue weighted by molar-refractivity contribution is 0.103. The van der Waals surface area contributed by atoms with Crippen LogP contribution < -0.4 is 0 Å². The fraction of sp³-hybridized carbons (Fsp3) is 0.100. The van der Waals surface area contributed by atoms with Crippen LogP contribution in [-0.4, -0.2) is 15.8 Å².